The summed E-state index contributed by atoms with van der Waals surface area (Å²) in [6.45, 7) is 0. The second-order valence-electron chi connectivity index (χ2n) is 4.02. The van der Waals surface area contributed by atoms with Gasteiger partial charge in [-0.05, 0) is 58.5 Å². The van der Waals surface area contributed by atoms with Crippen molar-refractivity contribution in [2.24, 2.45) is 0 Å². The van der Waals surface area contributed by atoms with Crippen molar-refractivity contribution in [1.29, 1.82) is 0 Å². The van der Waals surface area contributed by atoms with Crippen LogP contribution in [0.25, 0.3) is 0 Å². The van der Waals surface area contributed by atoms with Crippen LogP contribution in [0.1, 0.15) is 5.56 Å². The van der Waals surface area contributed by atoms with Crippen LogP contribution in [0.4, 0.5) is 5.69 Å². The van der Waals surface area contributed by atoms with Crippen molar-refractivity contribution in [3.05, 3.63) is 56.6 Å². The molecule has 0 atom stereocenters. The Morgan fingerprint density at radius 1 is 1.21 bits per heavy atom. The number of halogens is 2. The van der Waals surface area contributed by atoms with Crippen molar-refractivity contribution in [3.8, 4) is 5.75 Å². The van der Waals surface area contributed by atoms with Gasteiger partial charge in [-0.3, -0.25) is 4.79 Å². The second kappa shape index (κ2) is 6.25. The molecule has 2 rings (SSSR count). The summed E-state index contributed by atoms with van der Waals surface area (Å²) in [7, 11) is 0. The number of amides is 1. The third kappa shape index (κ3) is 4.11. The second-order valence-corrected chi connectivity index (χ2v) is 5.67. The van der Waals surface area contributed by atoms with E-state index in [0.717, 1.165) is 9.13 Å². The van der Waals surface area contributed by atoms with Crippen LogP contribution >= 0.6 is 34.2 Å². The Bertz CT molecular complexity index is 599. The summed E-state index contributed by atoms with van der Waals surface area (Å²) in [5.41, 5.74) is 1.43. The van der Waals surface area contributed by atoms with Crippen LogP contribution in [0.5, 0.6) is 5.75 Å². The number of nitrogens with one attached hydrogen (secondary N) is 1. The van der Waals surface area contributed by atoms with Gasteiger partial charge in [0.05, 0.1) is 17.1 Å². The maximum absolute atomic E-state index is 11.9. The lowest BCUT2D eigenvalue weighted by molar-refractivity contribution is -0.115. The van der Waals surface area contributed by atoms with E-state index in [2.05, 4.69) is 27.9 Å². The van der Waals surface area contributed by atoms with E-state index in [-0.39, 0.29) is 18.1 Å². The van der Waals surface area contributed by atoms with Crippen LogP contribution in [0, 0.1) is 3.57 Å². The number of anilines is 1. The highest BCUT2D eigenvalue weighted by molar-refractivity contribution is 14.1. The molecular formula is C14H11ClINO2. The van der Waals surface area contributed by atoms with Gasteiger partial charge >= 0.3 is 0 Å². The molecule has 0 saturated heterocycles. The SMILES string of the molecule is O=C(Cc1ccc(O)cc1)Nc1ccc(I)cc1Cl. The first-order chi connectivity index (χ1) is 9.04. The van der Waals surface area contributed by atoms with Crippen molar-refractivity contribution < 1.29 is 9.90 Å². The average Bonchev–Trinajstić information content (AvgIpc) is 2.36. The Morgan fingerprint density at radius 2 is 1.89 bits per heavy atom. The van der Waals surface area contributed by atoms with Crippen molar-refractivity contribution in [1.82, 2.24) is 0 Å². The van der Waals surface area contributed by atoms with Crippen LogP contribution in [0.3, 0.4) is 0 Å². The molecule has 0 radical (unpaired) electrons. The van der Waals surface area contributed by atoms with E-state index in [0.29, 0.717) is 10.7 Å². The molecule has 0 bridgehead atoms. The smallest absolute Gasteiger partial charge is 0.228 e. The van der Waals surface area contributed by atoms with E-state index in [9.17, 15) is 4.79 Å². The molecule has 0 saturated carbocycles. The molecule has 2 N–H and O–H groups in total. The summed E-state index contributed by atoms with van der Waals surface area (Å²) >= 11 is 8.20. The number of rotatable bonds is 3. The fourth-order valence-corrected chi connectivity index (χ4v) is 2.49. The minimum Gasteiger partial charge on any atom is -0.508 e. The number of benzene rings is 2. The van der Waals surface area contributed by atoms with E-state index in [4.69, 9.17) is 16.7 Å². The maximum atomic E-state index is 11.9. The van der Waals surface area contributed by atoms with Crippen LogP contribution in [0.15, 0.2) is 42.5 Å². The molecule has 2 aromatic carbocycles. The lowest BCUT2D eigenvalue weighted by atomic mass is 10.1. The van der Waals surface area contributed by atoms with Gasteiger partial charge in [0.1, 0.15) is 5.75 Å². The number of hydrogen-bond acceptors (Lipinski definition) is 2. The normalized spacial score (nSPS) is 10.2. The summed E-state index contributed by atoms with van der Waals surface area (Å²) in [4.78, 5) is 11.9. The minimum absolute atomic E-state index is 0.145. The van der Waals surface area contributed by atoms with Gasteiger partial charge in [0.2, 0.25) is 5.91 Å². The molecule has 0 fully saturated rings. The molecule has 1 amide bonds. The summed E-state index contributed by atoms with van der Waals surface area (Å²) in [5.74, 6) is 0.0404. The molecule has 0 heterocycles. The lowest BCUT2D eigenvalue weighted by Gasteiger charge is -2.07. The van der Waals surface area contributed by atoms with Gasteiger partial charge in [-0.1, -0.05) is 23.7 Å². The molecule has 0 aliphatic carbocycles. The molecule has 19 heavy (non-hydrogen) atoms. The number of carbonyl (C=O) groups is 1. The van der Waals surface area contributed by atoms with Gasteiger partial charge in [-0.15, -0.1) is 0 Å². The first-order valence-corrected chi connectivity index (χ1v) is 7.03. The quantitative estimate of drug-likeness (QED) is 0.787. The molecule has 0 aliphatic heterocycles. The zero-order valence-corrected chi connectivity index (χ0v) is 12.8. The Kier molecular flexibility index (Phi) is 4.66. The van der Waals surface area contributed by atoms with Gasteiger partial charge in [-0.25, -0.2) is 0 Å². The van der Waals surface area contributed by atoms with Crippen LogP contribution in [-0.4, -0.2) is 11.0 Å². The summed E-state index contributed by atoms with van der Waals surface area (Å²) < 4.78 is 1.01. The molecule has 0 unspecified atom stereocenters. The topological polar surface area (TPSA) is 49.3 Å². The molecule has 5 heteroatoms. The summed E-state index contributed by atoms with van der Waals surface area (Å²) in [5, 5.41) is 12.5. The number of carbonyl (C=O) groups excluding carboxylic acids is 1. The van der Waals surface area contributed by atoms with Crippen molar-refractivity contribution in [2.45, 2.75) is 6.42 Å². The predicted octanol–water partition coefficient (Wildman–Crippen LogP) is 3.83. The molecule has 0 aromatic heterocycles. The van der Waals surface area contributed by atoms with Crippen LogP contribution in [-0.2, 0) is 11.2 Å². The first kappa shape index (κ1) is 14.1. The Morgan fingerprint density at radius 3 is 2.53 bits per heavy atom. The predicted molar refractivity (Wildman–Crippen MR) is 84.6 cm³/mol. The van der Waals surface area contributed by atoms with Crippen molar-refractivity contribution in [2.75, 3.05) is 5.32 Å². The van der Waals surface area contributed by atoms with Crippen molar-refractivity contribution >= 4 is 45.8 Å². The highest BCUT2D eigenvalue weighted by atomic mass is 127. The zero-order chi connectivity index (χ0) is 13.8. The lowest BCUT2D eigenvalue weighted by Crippen LogP contribution is -2.14. The number of phenols is 1. The van der Waals surface area contributed by atoms with Gasteiger partial charge in [-0.2, -0.15) is 0 Å². The Balaban J connectivity index is 2.03. The molecule has 3 nitrogen and oxygen atoms in total. The van der Waals surface area contributed by atoms with Gasteiger partial charge in [0.25, 0.3) is 0 Å². The minimum atomic E-state index is -0.145. The van der Waals surface area contributed by atoms with Gasteiger partial charge in [0.15, 0.2) is 0 Å². The molecule has 0 aliphatic rings. The number of aromatic hydroxyl groups is 1. The molecular weight excluding hydrogens is 377 g/mol. The number of hydrogen-bond donors (Lipinski definition) is 2. The van der Waals surface area contributed by atoms with E-state index < -0.39 is 0 Å². The average molecular weight is 388 g/mol. The van der Waals surface area contributed by atoms with Gasteiger partial charge in [0, 0.05) is 3.57 Å². The van der Waals surface area contributed by atoms with E-state index in [1.807, 2.05) is 6.07 Å². The van der Waals surface area contributed by atoms with Crippen molar-refractivity contribution in [3.63, 3.8) is 0 Å². The van der Waals surface area contributed by atoms with Crippen LogP contribution < -0.4 is 5.32 Å². The maximum Gasteiger partial charge on any atom is 0.228 e. The molecule has 2 aromatic rings. The molecule has 98 valence electrons. The largest absolute Gasteiger partial charge is 0.508 e. The van der Waals surface area contributed by atoms with Crippen LogP contribution in [0.2, 0.25) is 5.02 Å². The monoisotopic (exact) mass is 387 g/mol. The third-order valence-electron chi connectivity index (χ3n) is 2.51. The Hall–Kier alpha value is -1.27. The third-order valence-corrected chi connectivity index (χ3v) is 3.49. The Labute approximate surface area is 129 Å². The fraction of sp³-hybridized carbons (Fsp3) is 0.0714. The van der Waals surface area contributed by atoms with Gasteiger partial charge < -0.3 is 10.4 Å². The highest BCUT2D eigenvalue weighted by Crippen LogP contribution is 2.24. The fourth-order valence-electron chi connectivity index (χ4n) is 1.58. The van der Waals surface area contributed by atoms with E-state index in [1.54, 1.807) is 36.4 Å². The van der Waals surface area contributed by atoms with E-state index >= 15 is 0 Å². The standard InChI is InChI=1S/C14H11ClINO2/c15-12-8-10(16)3-6-13(12)17-14(19)7-9-1-4-11(18)5-2-9/h1-6,8,18H,7H2,(H,17,19). The zero-order valence-electron chi connectivity index (χ0n) is 9.86. The molecule has 0 spiro atoms. The summed E-state index contributed by atoms with van der Waals surface area (Å²) in [6.07, 6.45) is 0.239. The summed E-state index contributed by atoms with van der Waals surface area (Å²) in [6, 6.07) is 12.0. The highest BCUT2D eigenvalue weighted by Gasteiger charge is 2.07. The number of phenolic OH excluding ortho intramolecular Hbond substituents is 1. The van der Waals surface area contributed by atoms with E-state index in [1.165, 1.54) is 0 Å². The first-order valence-electron chi connectivity index (χ1n) is 5.57.